The minimum absolute atomic E-state index is 0. The Labute approximate surface area is 102 Å². The molecule has 0 saturated heterocycles. The molecular formula is C13H17ClN2. The van der Waals surface area contributed by atoms with Crippen molar-refractivity contribution in [3.8, 4) is 0 Å². The average molecular weight is 237 g/mol. The van der Waals surface area contributed by atoms with Crippen LogP contribution in [0.4, 0.5) is 5.69 Å². The highest BCUT2D eigenvalue weighted by molar-refractivity contribution is 5.87. The van der Waals surface area contributed by atoms with Gasteiger partial charge in [0.2, 0.25) is 0 Å². The maximum atomic E-state index is 5.60. The lowest BCUT2D eigenvalue weighted by Gasteiger charge is -2.10. The molecule has 0 atom stereocenters. The zero-order chi connectivity index (χ0) is 10.7. The van der Waals surface area contributed by atoms with Gasteiger partial charge in [-0.3, -0.25) is 0 Å². The van der Waals surface area contributed by atoms with Gasteiger partial charge in [0.1, 0.15) is 0 Å². The van der Waals surface area contributed by atoms with Crippen LogP contribution in [-0.2, 0) is 6.42 Å². The molecule has 2 aromatic carbocycles. The number of anilines is 1. The maximum absolute atomic E-state index is 5.60. The molecule has 0 saturated carbocycles. The van der Waals surface area contributed by atoms with E-state index < -0.39 is 0 Å². The van der Waals surface area contributed by atoms with E-state index in [1.807, 2.05) is 7.05 Å². The Kier molecular flexibility index (Phi) is 4.59. The number of hydrogen-bond donors (Lipinski definition) is 2. The first kappa shape index (κ1) is 12.8. The molecule has 0 aliphatic carbocycles. The maximum Gasteiger partial charge on any atom is 0.0377 e. The SMILES string of the molecule is CNc1cc2ccccc2cc1CCN.Cl. The first-order valence-electron chi connectivity index (χ1n) is 5.24. The third-order valence-corrected chi connectivity index (χ3v) is 2.65. The fourth-order valence-corrected chi connectivity index (χ4v) is 1.88. The molecule has 0 aliphatic heterocycles. The number of rotatable bonds is 3. The number of benzene rings is 2. The highest BCUT2D eigenvalue weighted by Crippen LogP contribution is 2.23. The second-order valence-corrected chi connectivity index (χ2v) is 3.65. The van der Waals surface area contributed by atoms with Crippen LogP contribution in [0.3, 0.4) is 0 Å². The largest absolute Gasteiger partial charge is 0.388 e. The highest BCUT2D eigenvalue weighted by Gasteiger charge is 2.02. The van der Waals surface area contributed by atoms with E-state index in [2.05, 4.69) is 41.7 Å². The van der Waals surface area contributed by atoms with E-state index in [4.69, 9.17) is 5.73 Å². The number of nitrogens with one attached hydrogen (secondary N) is 1. The van der Waals surface area contributed by atoms with Gasteiger partial charge in [-0.1, -0.05) is 24.3 Å². The van der Waals surface area contributed by atoms with Crippen molar-refractivity contribution in [1.82, 2.24) is 0 Å². The average Bonchev–Trinajstić information content (AvgIpc) is 2.28. The van der Waals surface area contributed by atoms with E-state index >= 15 is 0 Å². The van der Waals surface area contributed by atoms with E-state index in [0.29, 0.717) is 6.54 Å². The molecule has 0 amide bonds. The molecule has 2 aromatic rings. The molecule has 3 N–H and O–H groups in total. The summed E-state index contributed by atoms with van der Waals surface area (Å²) in [6, 6.07) is 12.8. The van der Waals surface area contributed by atoms with Gasteiger partial charge in [-0.15, -0.1) is 12.4 Å². The number of hydrogen-bond acceptors (Lipinski definition) is 2. The molecule has 0 unspecified atom stereocenters. The van der Waals surface area contributed by atoms with Crippen molar-refractivity contribution in [2.45, 2.75) is 6.42 Å². The Hall–Kier alpha value is -1.25. The molecule has 86 valence electrons. The molecule has 2 nitrogen and oxygen atoms in total. The van der Waals surface area contributed by atoms with Crippen molar-refractivity contribution in [2.24, 2.45) is 5.73 Å². The first-order valence-corrected chi connectivity index (χ1v) is 5.24. The zero-order valence-electron chi connectivity index (χ0n) is 9.36. The summed E-state index contributed by atoms with van der Waals surface area (Å²) in [6.45, 7) is 0.688. The zero-order valence-corrected chi connectivity index (χ0v) is 10.2. The predicted octanol–water partition coefficient (Wildman–Crippen LogP) is 2.80. The molecule has 0 aromatic heterocycles. The Morgan fingerprint density at radius 3 is 2.31 bits per heavy atom. The van der Waals surface area contributed by atoms with Crippen LogP contribution in [0.2, 0.25) is 0 Å². The van der Waals surface area contributed by atoms with Crippen molar-refractivity contribution in [2.75, 3.05) is 18.9 Å². The quantitative estimate of drug-likeness (QED) is 0.860. The van der Waals surface area contributed by atoms with Crippen molar-refractivity contribution in [1.29, 1.82) is 0 Å². The summed E-state index contributed by atoms with van der Waals surface area (Å²) in [7, 11) is 1.95. The van der Waals surface area contributed by atoms with Crippen molar-refractivity contribution >= 4 is 28.9 Å². The monoisotopic (exact) mass is 236 g/mol. The minimum Gasteiger partial charge on any atom is -0.388 e. The molecule has 16 heavy (non-hydrogen) atoms. The van der Waals surface area contributed by atoms with Gasteiger partial charge in [0.05, 0.1) is 0 Å². The van der Waals surface area contributed by atoms with Crippen LogP contribution in [0.1, 0.15) is 5.56 Å². The third kappa shape index (κ3) is 2.46. The fourth-order valence-electron chi connectivity index (χ4n) is 1.88. The molecule has 0 heterocycles. The summed E-state index contributed by atoms with van der Waals surface area (Å²) < 4.78 is 0. The second kappa shape index (κ2) is 5.73. The van der Waals surface area contributed by atoms with Crippen molar-refractivity contribution in [3.05, 3.63) is 42.0 Å². The predicted molar refractivity (Wildman–Crippen MR) is 73.5 cm³/mol. The van der Waals surface area contributed by atoms with Crippen LogP contribution in [0.25, 0.3) is 10.8 Å². The Morgan fingerprint density at radius 2 is 1.75 bits per heavy atom. The Bertz CT molecular complexity index is 468. The molecule has 3 heteroatoms. The molecule has 0 radical (unpaired) electrons. The van der Waals surface area contributed by atoms with E-state index in [0.717, 1.165) is 6.42 Å². The smallest absolute Gasteiger partial charge is 0.0377 e. The molecule has 2 rings (SSSR count). The van der Waals surface area contributed by atoms with E-state index in [-0.39, 0.29) is 12.4 Å². The van der Waals surface area contributed by atoms with E-state index in [1.165, 1.54) is 22.0 Å². The van der Waals surface area contributed by atoms with Crippen molar-refractivity contribution < 1.29 is 0 Å². The summed E-state index contributed by atoms with van der Waals surface area (Å²) in [6.07, 6.45) is 0.918. The minimum atomic E-state index is 0. The number of halogens is 1. The summed E-state index contributed by atoms with van der Waals surface area (Å²) in [5, 5.41) is 5.76. The van der Waals surface area contributed by atoms with Crippen LogP contribution < -0.4 is 11.1 Å². The number of fused-ring (bicyclic) bond motifs is 1. The third-order valence-electron chi connectivity index (χ3n) is 2.65. The van der Waals surface area contributed by atoms with Gasteiger partial charge in [0.25, 0.3) is 0 Å². The molecule has 0 bridgehead atoms. The molecule has 0 aliphatic rings. The van der Waals surface area contributed by atoms with Gasteiger partial charge < -0.3 is 11.1 Å². The summed E-state index contributed by atoms with van der Waals surface area (Å²) in [5.41, 5.74) is 8.07. The molecular weight excluding hydrogens is 220 g/mol. The lowest BCUT2D eigenvalue weighted by molar-refractivity contribution is 0.971. The molecule has 0 spiro atoms. The van der Waals surface area contributed by atoms with Crippen LogP contribution in [-0.4, -0.2) is 13.6 Å². The van der Waals surface area contributed by atoms with Gasteiger partial charge in [0, 0.05) is 12.7 Å². The van der Waals surface area contributed by atoms with E-state index in [9.17, 15) is 0 Å². The lowest BCUT2D eigenvalue weighted by Crippen LogP contribution is -2.05. The molecule has 0 fully saturated rings. The van der Waals surface area contributed by atoms with Gasteiger partial charge in [-0.05, 0) is 41.4 Å². The lowest BCUT2D eigenvalue weighted by atomic mass is 10.0. The van der Waals surface area contributed by atoms with Gasteiger partial charge in [0.15, 0.2) is 0 Å². The van der Waals surface area contributed by atoms with Crippen molar-refractivity contribution in [3.63, 3.8) is 0 Å². The highest BCUT2D eigenvalue weighted by atomic mass is 35.5. The fraction of sp³-hybridized carbons (Fsp3) is 0.231. The van der Waals surface area contributed by atoms with Crippen LogP contribution >= 0.6 is 12.4 Å². The Balaban J connectivity index is 0.00000128. The summed E-state index contributed by atoms with van der Waals surface area (Å²) in [5.74, 6) is 0. The normalized spacial score (nSPS) is 9.88. The summed E-state index contributed by atoms with van der Waals surface area (Å²) in [4.78, 5) is 0. The topological polar surface area (TPSA) is 38.0 Å². The van der Waals surface area contributed by atoms with Gasteiger partial charge in [-0.25, -0.2) is 0 Å². The first-order chi connectivity index (χ1) is 7.35. The standard InChI is InChI=1S/C13H16N2.ClH/c1-15-13-9-11-5-3-2-4-10(11)8-12(13)6-7-14;/h2-5,8-9,15H,6-7,14H2,1H3;1H. The van der Waals surface area contributed by atoms with Gasteiger partial charge >= 0.3 is 0 Å². The Morgan fingerprint density at radius 1 is 1.12 bits per heavy atom. The van der Waals surface area contributed by atoms with Gasteiger partial charge in [-0.2, -0.15) is 0 Å². The van der Waals surface area contributed by atoms with Crippen LogP contribution in [0.5, 0.6) is 0 Å². The van der Waals surface area contributed by atoms with Crippen LogP contribution in [0, 0.1) is 0 Å². The van der Waals surface area contributed by atoms with Crippen LogP contribution in [0.15, 0.2) is 36.4 Å². The number of nitrogens with two attached hydrogens (primary N) is 1. The summed E-state index contributed by atoms with van der Waals surface area (Å²) >= 11 is 0. The second-order valence-electron chi connectivity index (χ2n) is 3.65. The van der Waals surface area contributed by atoms with E-state index in [1.54, 1.807) is 0 Å².